The lowest BCUT2D eigenvalue weighted by atomic mass is 10.2. The van der Waals surface area contributed by atoms with Gasteiger partial charge >= 0.3 is 0 Å². The third kappa shape index (κ3) is 6.91. The van der Waals surface area contributed by atoms with E-state index in [1.54, 1.807) is 6.92 Å². The summed E-state index contributed by atoms with van der Waals surface area (Å²) in [5.74, 6) is -0.328. The van der Waals surface area contributed by atoms with Crippen LogP contribution in [0.2, 0.25) is 5.02 Å². The summed E-state index contributed by atoms with van der Waals surface area (Å²) in [5.41, 5.74) is 1.08. The van der Waals surface area contributed by atoms with E-state index < -0.39 is 6.04 Å². The first-order chi connectivity index (χ1) is 10.4. The molecule has 0 saturated carbocycles. The van der Waals surface area contributed by atoms with Crippen molar-refractivity contribution in [3.8, 4) is 0 Å². The Labute approximate surface area is 137 Å². The molecule has 0 heterocycles. The van der Waals surface area contributed by atoms with Gasteiger partial charge in [0, 0.05) is 18.1 Å². The van der Waals surface area contributed by atoms with Crippen LogP contribution in [0.1, 0.15) is 25.8 Å². The van der Waals surface area contributed by atoms with Gasteiger partial charge in [-0.2, -0.15) is 0 Å². The number of rotatable bonds is 8. The van der Waals surface area contributed by atoms with E-state index in [1.165, 1.54) is 0 Å². The van der Waals surface area contributed by atoms with Crippen LogP contribution in [0.25, 0.3) is 0 Å². The molecule has 122 valence electrons. The molecule has 6 heteroatoms. The normalized spacial score (nSPS) is 12.0. The third-order valence-corrected chi connectivity index (χ3v) is 3.35. The summed E-state index contributed by atoms with van der Waals surface area (Å²) in [5, 5.41) is 6.15. The largest absolute Gasteiger partial charge is 0.354 e. The molecule has 0 spiro atoms. The SMILES string of the molecule is CCCNC(=O)[C@H](C)NC(=O)CN(C)Cc1ccc(Cl)cc1. The summed E-state index contributed by atoms with van der Waals surface area (Å²) in [7, 11) is 1.86. The predicted molar refractivity (Wildman–Crippen MR) is 88.7 cm³/mol. The molecule has 1 aromatic carbocycles. The van der Waals surface area contributed by atoms with Crippen molar-refractivity contribution in [2.75, 3.05) is 20.1 Å². The van der Waals surface area contributed by atoms with Crippen molar-refractivity contribution in [3.05, 3.63) is 34.9 Å². The smallest absolute Gasteiger partial charge is 0.242 e. The van der Waals surface area contributed by atoms with E-state index in [0.717, 1.165) is 12.0 Å². The zero-order valence-corrected chi connectivity index (χ0v) is 14.1. The van der Waals surface area contributed by atoms with E-state index >= 15 is 0 Å². The average Bonchev–Trinajstić information content (AvgIpc) is 2.46. The quantitative estimate of drug-likeness (QED) is 0.766. The maximum atomic E-state index is 11.9. The summed E-state index contributed by atoms with van der Waals surface area (Å²) in [6.45, 7) is 5.15. The molecule has 0 radical (unpaired) electrons. The number of carbonyl (C=O) groups excluding carboxylic acids is 2. The molecular formula is C16H24ClN3O2. The Morgan fingerprint density at radius 1 is 1.27 bits per heavy atom. The summed E-state index contributed by atoms with van der Waals surface area (Å²) in [6, 6.07) is 6.98. The van der Waals surface area contributed by atoms with Crippen molar-refractivity contribution < 1.29 is 9.59 Å². The van der Waals surface area contributed by atoms with Crippen LogP contribution in [0, 0.1) is 0 Å². The fourth-order valence-corrected chi connectivity index (χ4v) is 2.08. The highest BCUT2D eigenvalue weighted by molar-refractivity contribution is 6.30. The predicted octanol–water partition coefficient (Wildman–Crippen LogP) is 1.80. The van der Waals surface area contributed by atoms with Gasteiger partial charge in [-0.05, 0) is 38.1 Å². The molecule has 2 N–H and O–H groups in total. The summed E-state index contributed by atoms with van der Waals surface area (Å²) in [6.07, 6.45) is 0.871. The first kappa shape index (κ1) is 18.5. The van der Waals surface area contributed by atoms with Crippen LogP contribution in [0.15, 0.2) is 24.3 Å². The molecule has 1 aromatic rings. The van der Waals surface area contributed by atoms with Crippen LogP contribution in [-0.4, -0.2) is 42.9 Å². The van der Waals surface area contributed by atoms with Crippen molar-refractivity contribution in [1.82, 2.24) is 15.5 Å². The Balaban J connectivity index is 2.37. The third-order valence-electron chi connectivity index (χ3n) is 3.10. The van der Waals surface area contributed by atoms with Gasteiger partial charge in [0.05, 0.1) is 6.54 Å². The van der Waals surface area contributed by atoms with Crippen LogP contribution < -0.4 is 10.6 Å². The number of benzene rings is 1. The number of carbonyl (C=O) groups is 2. The Morgan fingerprint density at radius 2 is 1.91 bits per heavy atom. The standard InChI is InChI=1S/C16H24ClN3O2/c1-4-9-18-16(22)12(2)19-15(21)11-20(3)10-13-5-7-14(17)8-6-13/h5-8,12H,4,9-11H2,1-3H3,(H,18,22)(H,19,21)/t12-/m0/s1. The molecule has 0 saturated heterocycles. The van der Waals surface area contributed by atoms with Crippen molar-refractivity contribution >= 4 is 23.4 Å². The molecule has 2 amide bonds. The minimum absolute atomic E-state index is 0.157. The monoisotopic (exact) mass is 325 g/mol. The second-order valence-corrected chi connectivity index (χ2v) is 5.82. The second kappa shape index (κ2) is 9.43. The molecule has 1 atom stereocenters. The highest BCUT2D eigenvalue weighted by Gasteiger charge is 2.15. The molecule has 0 bridgehead atoms. The van der Waals surface area contributed by atoms with E-state index in [0.29, 0.717) is 18.1 Å². The van der Waals surface area contributed by atoms with Gasteiger partial charge in [-0.25, -0.2) is 0 Å². The molecule has 0 aliphatic carbocycles. The van der Waals surface area contributed by atoms with Crippen LogP contribution in [0.3, 0.4) is 0 Å². The number of nitrogens with one attached hydrogen (secondary N) is 2. The van der Waals surface area contributed by atoms with Gasteiger partial charge in [-0.1, -0.05) is 30.7 Å². The number of nitrogens with zero attached hydrogens (tertiary/aromatic N) is 1. The molecule has 22 heavy (non-hydrogen) atoms. The van der Waals surface area contributed by atoms with E-state index in [4.69, 9.17) is 11.6 Å². The Bertz CT molecular complexity index is 491. The van der Waals surface area contributed by atoms with Crippen molar-refractivity contribution in [1.29, 1.82) is 0 Å². The van der Waals surface area contributed by atoms with Gasteiger partial charge < -0.3 is 10.6 Å². The van der Waals surface area contributed by atoms with Crippen molar-refractivity contribution in [3.63, 3.8) is 0 Å². The van der Waals surface area contributed by atoms with E-state index in [9.17, 15) is 9.59 Å². The summed E-state index contributed by atoms with van der Waals surface area (Å²) < 4.78 is 0. The first-order valence-corrected chi connectivity index (χ1v) is 7.80. The molecule has 0 fully saturated rings. The number of hydrogen-bond donors (Lipinski definition) is 2. The van der Waals surface area contributed by atoms with Gasteiger partial charge in [-0.3, -0.25) is 14.5 Å². The first-order valence-electron chi connectivity index (χ1n) is 7.42. The van der Waals surface area contributed by atoms with Crippen LogP contribution in [0.4, 0.5) is 0 Å². The molecular weight excluding hydrogens is 302 g/mol. The molecule has 0 unspecified atom stereocenters. The molecule has 0 aliphatic heterocycles. The lowest BCUT2D eigenvalue weighted by Gasteiger charge is -2.19. The zero-order valence-electron chi connectivity index (χ0n) is 13.4. The van der Waals surface area contributed by atoms with E-state index in [2.05, 4.69) is 10.6 Å². The van der Waals surface area contributed by atoms with Crippen molar-refractivity contribution in [2.45, 2.75) is 32.9 Å². The van der Waals surface area contributed by atoms with Crippen LogP contribution in [-0.2, 0) is 16.1 Å². The minimum Gasteiger partial charge on any atom is -0.354 e. The Morgan fingerprint density at radius 3 is 2.50 bits per heavy atom. The van der Waals surface area contributed by atoms with Gasteiger partial charge in [-0.15, -0.1) is 0 Å². The topological polar surface area (TPSA) is 61.4 Å². The molecule has 0 aliphatic rings. The summed E-state index contributed by atoms with van der Waals surface area (Å²) >= 11 is 5.84. The van der Waals surface area contributed by atoms with Crippen LogP contribution in [0.5, 0.6) is 0 Å². The highest BCUT2D eigenvalue weighted by atomic mass is 35.5. The molecule has 1 rings (SSSR count). The number of halogens is 1. The highest BCUT2D eigenvalue weighted by Crippen LogP contribution is 2.10. The Kier molecular flexibility index (Phi) is 7.91. The fourth-order valence-electron chi connectivity index (χ4n) is 1.96. The van der Waals surface area contributed by atoms with E-state index in [1.807, 2.05) is 43.1 Å². The number of likely N-dealkylation sites (N-methyl/N-ethyl adjacent to an activating group) is 1. The Hall–Kier alpha value is -1.59. The number of amides is 2. The maximum Gasteiger partial charge on any atom is 0.242 e. The lowest BCUT2D eigenvalue weighted by Crippen LogP contribution is -2.47. The van der Waals surface area contributed by atoms with Gasteiger partial charge in [0.1, 0.15) is 6.04 Å². The zero-order chi connectivity index (χ0) is 16.5. The maximum absolute atomic E-state index is 11.9. The van der Waals surface area contributed by atoms with Gasteiger partial charge in [0.25, 0.3) is 0 Å². The van der Waals surface area contributed by atoms with Gasteiger partial charge in [0.15, 0.2) is 0 Å². The lowest BCUT2D eigenvalue weighted by molar-refractivity contribution is -0.129. The van der Waals surface area contributed by atoms with Crippen molar-refractivity contribution in [2.24, 2.45) is 0 Å². The number of hydrogen-bond acceptors (Lipinski definition) is 3. The molecule has 5 nitrogen and oxygen atoms in total. The van der Waals surface area contributed by atoms with Gasteiger partial charge in [0.2, 0.25) is 11.8 Å². The second-order valence-electron chi connectivity index (χ2n) is 5.38. The average molecular weight is 326 g/mol. The minimum atomic E-state index is -0.525. The fraction of sp³-hybridized carbons (Fsp3) is 0.500. The summed E-state index contributed by atoms with van der Waals surface area (Å²) in [4.78, 5) is 25.5. The molecule has 0 aromatic heterocycles. The van der Waals surface area contributed by atoms with E-state index in [-0.39, 0.29) is 18.4 Å². The van der Waals surface area contributed by atoms with Crippen LogP contribution >= 0.6 is 11.6 Å².